The molecule has 17 heavy (non-hydrogen) atoms. The maximum absolute atomic E-state index is 6.30. The van der Waals surface area contributed by atoms with Gasteiger partial charge in [-0.15, -0.1) is 11.6 Å². The molecule has 1 atom stereocenters. The predicted octanol–water partition coefficient (Wildman–Crippen LogP) is 4.22. The first kappa shape index (κ1) is 14.8. The lowest BCUT2D eigenvalue weighted by atomic mass is 10.0. The Balaban J connectivity index is 2.60. The first-order chi connectivity index (χ1) is 7.95. The number of aromatic nitrogens is 2. The summed E-state index contributed by atoms with van der Waals surface area (Å²) in [4.78, 5) is 0. The van der Waals surface area contributed by atoms with Crippen LogP contribution in [-0.2, 0) is 19.9 Å². The van der Waals surface area contributed by atoms with Gasteiger partial charge in [0.2, 0.25) is 0 Å². The third-order valence-corrected chi connectivity index (χ3v) is 3.76. The summed E-state index contributed by atoms with van der Waals surface area (Å²) in [5.41, 5.74) is 2.09. The van der Waals surface area contributed by atoms with Crippen molar-refractivity contribution in [2.75, 3.05) is 0 Å². The highest BCUT2D eigenvalue weighted by Crippen LogP contribution is 2.24. The minimum absolute atomic E-state index is 0.228. The van der Waals surface area contributed by atoms with Crippen LogP contribution >= 0.6 is 23.2 Å². The second-order valence-corrected chi connectivity index (χ2v) is 5.95. The summed E-state index contributed by atoms with van der Waals surface area (Å²) in [7, 11) is 1.95. The quantitative estimate of drug-likeness (QED) is 0.712. The molecule has 0 N–H and O–H groups in total. The van der Waals surface area contributed by atoms with Gasteiger partial charge in [-0.25, -0.2) is 0 Å². The Kier molecular flexibility index (Phi) is 5.81. The van der Waals surface area contributed by atoms with E-state index in [4.69, 9.17) is 23.2 Å². The molecule has 0 aliphatic carbocycles. The van der Waals surface area contributed by atoms with E-state index in [1.54, 1.807) is 0 Å². The van der Waals surface area contributed by atoms with Crippen LogP contribution in [0.1, 0.15) is 45.0 Å². The Morgan fingerprint density at radius 1 is 1.35 bits per heavy atom. The fourth-order valence-corrected chi connectivity index (χ4v) is 2.87. The largest absolute Gasteiger partial charge is 0.271 e. The monoisotopic (exact) mass is 276 g/mol. The van der Waals surface area contributed by atoms with Crippen LogP contribution in [0, 0.1) is 5.92 Å². The van der Waals surface area contributed by atoms with Crippen LogP contribution in [0.4, 0.5) is 0 Å². The molecular formula is C13H22Cl2N2. The number of nitrogens with zero attached hydrogens (tertiary/aromatic N) is 2. The number of hydrogen-bond donors (Lipinski definition) is 0. The molecule has 4 heteroatoms. The van der Waals surface area contributed by atoms with E-state index >= 15 is 0 Å². The minimum Gasteiger partial charge on any atom is -0.271 e. The second kappa shape index (κ2) is 6.65. The van der Waals surface area contributed by atoms with E-state index in [-0.39, 0.29) is 5.38 Å². The molecule has 1 unspecified atom stereocenters. The van der Waals surface area contributed by atoms with Gasteiger partial charge in [-0.05, 0) is 31.6 Å². The first-order valence-corrected chi connectivity index (χ1v) is 7.11. The zero-order valence-electron chi connectivity index (χ0n) is 11.1. The molecular weight excluding hydrogens is 255 g/mol. The smallest absolute Gasteiger partial charge is 0.0849 e. The molecule has 1 heterocycles. The zero-order chi connectivity index (χ0) is 13.0. The van der Waals surface area contributed by atoms with Crippen molar-refractivity contribution >= 4 is 23.2 Å². The molecule has 0 radical (unpaired) electrons. The second-order valence-electron chi connectivity index (χ2n) is 4.95. The van der Waals surface area contributed by atoms with Crippen molar-refractivity contribution in [1.29, 1.82) is 0 Å². The van der Waals surface area contributed by atoms with Gasteiger partial charge in [0.05, 0.1) is 16.4 Å². The van der Waals surface area contributed by atoms with Crippen LogP contribution < -0.4 is 0 Å². The summed E-state index contributed by atoms with van der Waals surface area (Å²) < 4.78 is 1.89. The molecule has 2 nitrogen and oxygen atoms in total. The Labute approximate surface area is 114 Å². The van der Waals surface area contributed by atoms with Gasteiger partial charge in [0, 0.05) is 12.4 Å². The Morgan fingerprint density at radius 2 is 2.00 bits per heavy atom. The molecule has 0 aromatic carbocycles. The van der Waals surface area contributed by atoms with Gasteiger partial charge < -0.3 is 0 Å². The van der Waals surface area contributed by atoms with Gasteiger partial charge >= 0.3 is 0 Å². The molecule has 0 saturated carbocycles. The third kappa shape index (κ3) is 4.18. The molecule has 0 amide bonds. The van der Waals surface area contributed by atoms with Crippen molar-refractivity contribution in [2.45, 2.75) is 51.8 Å². The van der Waals surface area contributed by atoms with Crippen molar-refractivity contribution in [3.63, 3.8) is 0 Å². The fourth-order valence-electron chi connectivity index (χ4n) is 2.01. The van der Waals surface area contributed by atoms with E-state index in [9.17, 15) is 0 Å². The number of hydrogen-bond acceptors (Lipinski definition) is 1. The molecule has 0 spiro atoms. The van der Waals surface area contributed by atoms with Crippen molar-refractivity contribution < 1.29 is 0 Å². The highest BCUT2D eigenvalue weighted by atomic mass is 35.5. The minimum atomic E-state index is 0.228. The Hall–Kier alpha value is -0.210. The first-order valence-electron chi connectivity index (χ1n) is 6.30. The summed E-state index contributed by atoms with van der Waals surface area (Å²) in [6, 6.07) is 0. The van der Waals surface area contributed by atoms with E-state index < -0.39 is 0 Å². The topological polar surface area (TPSA) is 17.8 Å². The molecule has 1 rings (SSSR count). The van der Waals surface area contributed by atoms with Crippen molar-refractivity contribution in [1.82, 2.24) is 9.78 Å². The van der Waals surface area contributed by atoms with Crippen LogP contribution in [0.5, 0.6) is 0 Å². The average Bonchev–Trinajstić information content (AvgIpc) is 2.50. The third-order valence-electron chi connectivity index (χ3n) is 2.92. The maximum atomic E-state index is 6.30. The molecule has 1 aromatic rings. The normalized spacial score (nSPS) is 13.4. The van der Waals surface area contributed by atoms with E-state index in [2.05, 4.69) is 25.9 Å². The molecule has 98 valence electrons. The van der Waals surface area contributed by atoms with Crippen LogP contribution in [0.3, 0.4) is 0 Å². The molecule has 0 bridgehead atoms. The maximum Gasteiger partial charge on any atom is 0.0849 e. The average molecular weight is 277 g/mol. The van der Waals surface area contributed by atoms with Crippen LogP contribution in [0.2, 0.25) is 5.02 Å². The van der Waals surface area contributed by atoms with Crippen LogP contribution in [0.25, 0.3) is 0 Å². The Morgan fingerprint density at radius 3 is 2.47 bits per heavy atom. The van der Waals surface area contributed by atoms with E-state index in [0.717, 1.165) is 42.1 Å². The van der Waals surface area contributed by atoms with Gasteiger partial charge in [0.1, 0.15) is 0 Å². The zero-order valence-corrected chi connectivity index (χ0v) is 12.6. The molecule has 0 fully saturated rings. The van der Waals surface area contributed by atoms with Crippen molar-refractivity contribution in [3.05, 3.63) is 16.4 Å². The van der Waals surface area contributed by atoms with Gasteiger partial charge in [-0.2, -0.15) is 5.10 Å². The number of halogens is 2. The summed E-state index contributed by atoms with van der Waals surface area (Å²) >= 11 is 12.6. The van der Waals surface area contributed by atoms with E-state index in [1.807, 2.05) is 11.7 Å². The van der Waals surface area contributed by atoms with Crippen LogP contribution in [0.15, 0.2) is 0 Å². The summed E-state index contributed by atoms with van der Waals surface area (Å²) in [6.45, 7) is 6.46. The number of aryl methyl sites for hydroxylation is 2. The lowest BCUT2D eigenvalue weighted by molar-refractivity contribution is 0.538. The van der Waals surface area contributed by atoms with Crippen molar-refractivity contribution in [2.24, 2.45) is 13.0 Å². The summed E-state index contributed by atoms with van der Waals surface area (Å²) in [5, 5.41) is 5.46. The van der Waals surface area contributed by atoms with E-state index in [1.165, 1.54) is 0 Å². The predicted molar refractivity (Wildman–Crippen MR) is 75.0 cm³/mol. The Bertz CT molecular complexity index is 359. The lowest BCUT2D eigenvalue weighted by Gasteiger charge is -2.11. The molecule has 0 aliphatic rings. The highest BCUT2D eigenvalue weighted by Gasteiger charge is 2.15. The van der Waals surface area contributed by atoms with Crippen molar-refractivity contribution in [3.8, 4) is 0 Å². The van der Waals surface area contributed by atoms with Gasteiger partial charge in [-0.3, -0.25) is 4.68 Å². The molecule has 0 saturated heterocycles. The number of alkyl halides is 1. The molecule has 0 aliphatic heterocycles. The summed E-state index contributed by atoms with van der Waals surface area (Å²) in [5.74, 6) is 0.644. The van der Waals surface area contributed by atoms with Gasteiger partial charge in [0.25, 0.3) is 0 Å². The number of rotatable bonds is 6. The van der Waals surface area contributed by atoms with Crippen LogP contribution in [-0.4, -0.2) is 15.2 Å². The summed E-state index contributed by atoms with van der Waals surface area (Å²) in [6.07, 6.45) is 3.80. The lowest BCUT2D eigenvalue weighted by Crippen LogP contribution is -2.07. The van der Waals surface area contributed by atoms with E-state index in [0.29, 0.717) is 5.92 Å². The SMILES string of the molecule is CCc1nn(C)c(CCC(Cl)CC(C)C)c1Cl. The fraction of sp³-hybridized carbons (Fsp3) is 0.769. The standard InChI is InChI=1S/C13H22Cl2N2/c1-5-11-13(15)12(17(4)16-11)7-6-10(14)8-9(2)3/h9-10H,5-8H2,1-4H3. The molecule has 1 aromatic heterocycles. The highest BCUT2D eigenvalue weighted by molar-refractivity contribution is 6.31. The van der Waals surface area contributed by atoms with Gasteiger partial charge in [-0.1, -0.05) is 32.4 Å². The van der Waals surface area contributed by atoms with Gasteiger partial charge in [0.15, 0.2) is 0 Å².